The van der Waals surface area contributed by atoms with Crippen molar-refractivity contribution in [3.05, 3.63) is 71.9 Å². The van der Waals surface area contributed by atoms with E-state index in [0.717, 1.165) is 34.9 Å². The molecule has 0 bridgehead atoms. The number of rotatable bonds is 13. The fourth-order valence-corrected chi connectivity index (χ4v) is 4.09. The first-order valence-electron chi connectivity index (χ1n) is 12.3. The average Bonchev–Trinajstić information content (AvgIpc) is 3.29. The summed E-state index contributed by atoms with van der Waals surface area (Å²) < 4.78 is 24.4. The number of methoxy groups -OCH3 is 1. The van der Waals surface area contributed by atoms with E-state index in [1.807, 2.05) is 43.3 Å². The van der Waals surface area contributed by atoms with Crippen molar-refractivity contribution in [1.29, 1.82) is 0 Å². The maximum absolute atomic E-state index is 12.1. The predicted octanol–water partition coefficient (Wildman–Crippen LogP) is 5.88. The van der Waals surface area contributed by atoms with Crippen molar-refractivity contribution in [2.45, 2.75) is 52.7 Å². The van der Waals surface area contributed by atoms with Crippen LogP contribution >= 0.6 is 0 Å². The van der Waals surface area contributed by atoms with Gasteiger partial charge in [-0.3, -0.25) is 0 Å². The van der Waals surface area contributed by atoms with Gasteiger partial charge in [-0.05, 0) is 79.4 Å². The zero-order valence-corrected chi connectivity index (χ0v) is 21.5. The van der Waals surface area contributed by atoms with E-state index in [9.17, 15) is 4.79 Å². The van der Waals surface area contributed by atoms with Crippen LogP contribution < -0.4 is 9.47 Å². The van der Waals surface area contributed by atoms with Crippen LogP contribution in [0, 0.1) is 0 Å². The molecule has 0 N–H and O–H groups in total. The van der Waals surface area contributed by atoms with Crippen molar-refractivity contribution in [3.63, 3.8) is 0 Å². The summed E-state index contributed by atoms with van der Waals surface area (Å²) in [6, 6.07) is 20.3. The van der Waals surface area contributed by atoms with E-state index in [4.69, 9.17) is 18.9 Å². The maximum atomic E-state index is 12.1. The standard InChI is InChI=1S/C29H37NO5/c1-6-33-28(29(31)34-7-2)20-22-8-12-25(13-9-22)35-19-18-30-26(21(3)4)16-17-27(30)23-10-14-24(32-5)15-11-23/h8-17,21,28H,6-7,18-20H2,1-5H3/t28-/m1/s1. The SMILES string of the molecule is CCOC(=O)[C@@H](Cc1ccc(OCCn2c(-c3ccc(OC)cc3)ccc2C(C)C)cc1)OCC. The van der Waals surface area contributed by atoms with E-state index in [2.05, 4.69) is 42.7 Å². The quantitative estimate of drug-likeness (QED) is 0.287. The number of esters is 1. The molecule has 0 spiro atoms. The second kappa shape index (κ2) is 13.0. The van der Waals surface area contributed by atoms with Crippen LogP contribution in [0.5, 0.6) is 11.5 Å². The maximum Gasteiger partial charge on any atom is 0.335 e. The van der Waals surface area contributed by atoms with Crippen LogP contribution in [0.1, 0.15) is 44.9 Å². The molecule has 0 fully saturated rings. The summed E-state index contributed by atoms with van der Waals surface area (Å²) in [4.78, 5) is 12.1. The Labute approximate surface area is 208 Å². The first-order chi connectivity index (χ1) is 17.0. The first-order valence-corrected chi connectivity index (χ1v) is 12.3. The molecule has 0 unspecified atom stereocenters. The van der Waals surface area contributed by atoms with Crippen molar-refractivity contribution in [1.82, 2.24) is 4.57 Å². The minimum atomic E-state index is -0.591. The number of ether oxygens (including phenoxy) is 4. The summed E-state index contributed by atoms with van der Waals surface area (Å²) in [6.07, 6.45) is -0.120. The summed E-state index contributed by atoms with van der Waals surface area (Å²) >= 11 is 0. The highest BCUT2D eigenvalue weighted by Gasteiger charge is 2.20. The minimum absolute atomic E-state index is 0.324. The number of hydrogen-bond donors (Lipinski definition) is 0. The van der Waals surface area contributed by atoms with Crippen LogP contribution in [0.15, 0.2) is 60.7 Å². The molecule has 3 rings (SSSR count). The van der Waals surface area contributed by atoms with E-state index in [1.165, 1.54) is 5.69 Å². The molecule has 0 aliphatic heterocycles. The van der Waals surface area contributed by atoms with Gasteiger partial charge in [-0.25, -0.2) is 4.79 Å². The molecular formula is C29H37NO5. The van der Waals surface area contributed by atoms with Gasteiger partial charge in [0.05, 0.1) is 20.3 Å². The molecule has 6 nitrogen and oxygen atoms in total. The highest BCUT2D eigenvalue weighted by atomic mass is 16.6. The van der Waals surface area contributed by atoms with Gasteiger partial charge < -0.3 is 23.5 Å². The highest BCUT2D eigenvalue weighted by Crippen LogP contribution is 2.28. The van der Waals surface area contributed by atoms with Gasteiger partial charge in [0.2, 0.25) is 0 Å². The smallest absolute Gasteiger partial charge is 0.335 e. The summed E-state index contributed by atoms with van der Waals surface area (Å²) in [5.41, 5.74) is 4.58. The van der Waals surface area contributed by atoms with Gasteiger partial charge >= 0.3 is 5.97 Å². The molecule has 2 aromatic carbocycles. The molecule has 0 radical (unpaired) electrons. The Bertz CT molecular complexity index is 1050. The largest absolute Gasteiger partial charge is 0.497 e. The number of hydrogen-bond acceptors (Lipinski definition) is 5. The molecule has 188 valence electrons. The van der Waals surface area contributed by atoms with Gasteiger partial charge in [0.25, 0.3) is 0 Å². The Morgan fingerprint density at radius 1 is 0.886 bits per heavy atom. The Hall–Kier alpha value is -3.25. The zero-order chi connectivity index (χ0) is 25.2. The molecular weight excluding hydrogens is 442 g/mol. The van der Waals surface area contributed by atoms with E-state index < -0.39 is 6.10 Å². The lowest BCUT2D eigenvalue weighted by Crippen LogP contribution is -2.28. The van der Waals surface area contributed by atoms with Crippen LogP contribution in [0.25, 0.3) is 11.3 Å². The molecule has 0 saturated carbocycles. The second-order valence-electron chi connectivity index (χ2n) is 8.57. The summed E-state index contributed by atoms with van der Waals surface area (Å²) in [5.74, 6) is 1.72. The van der Waals surface area contributed by atoms with Crippen LogP contribution in [0.2, 0.25) is 0 Å². The highest BCUT2D eigenvalue weighted by molar-refractivity contribution is 5.75. The molecule has 6 heteroatoms. The van der Waals surface area contributed by atoms with Gasteiger partial charge in [0.15, 0.2) is 6.10 Å². The van der Waals surface area contributed by atoms with Crippen molar-refractivity contribution in [3.8, 4) is 22.8 Å². The zero-order valence-electron chi connectivity index (χ0n) is 21.5. The fourth-order valence-electron chi connectivity index (χ4n) is 4.09. The Morgan fingerprint density at radius 3 is 2.17 bits per heavy atom. The molecule has 0 aliphatic carbocycles. The first kappa shape index (κ1) is 26.4. The van der Waals surface area contributed by atoms with Gasteiger partial charge in [-0.1, -0.05) is 26.0 Å². The number of benzene rings is 2. The molecule has 1 heterocycles. The molecule has 0 amide bonds. The average molecular weight is 480 g/mol. The number of carbonyl (C=O) groups is 1. The van der Waals surface area contributed by atoms with Crippen molar-refractivity contribution in [2.75, 3.05) is 26.9 Å². The van der Waals surface area contributed by atoms with Crippen molar-refractivity contribution < 1.29 is 23.7 Å². The van der Waals surface area contributed by atoms with Crippen LogP contribution in [0.3, 0.4) is 0 Å². The molecule has 0 saturated heterocycles. The van der Waals surface area contributed by atoms with Crippen molar-refractivity contribution in [2.24, 2.45) is 0 Å². The molecule has 1 aromatic heterocycles. The van der Waals surface area contributed by atoms with Gasteiger partial charge in [-0.15, -0.1) is 0 Å². The predicted molar refractivity (Wildman–Crippen MR) is 138 cm³/mol. The number of nitrogens with zero attached hydrogens (tertiary/aromatic N) is 1. The van der Waals surface area contributed by atoms with Gasteiger partial charge in [-0.2, -0.15) is 0 Å². The third-order valence-corrected chi connectivity index (χ3v) is 5.84. The Morgan fingerprint density at radius 2 is 1.57 bits per heavy atom. The Balaban J connectivity index is 1.64. The summed E-state index contributed by atoms with van der Waals surface area (Å²) in [5, 5.41) is 0. The third kappa shape index (κ3) is 7.12. The Kier molecular flexibility index (Phi) is 9.79. The summed E-state index contributed by atoms with van der Waals surface area (Å²) in [6.45, 7) is 10.2. The fraction of sp³-hybridized carbons (Fsp3) is 0.414. The topological polar surface area (TPSA) is 58.9 Å². The molecule has 1 atom stereocenters. The van der Waals surface area contributed by atoms with E-state index in [-0.39, 0.29) is 5.97 Å². The van der Waals surface area contributed by atoms with Crippen LogP contribution in [0.4, 0.5) is 0 Å². The normalized spacial score (nSPS) is 11.9. The summed E-state index contributed by atoms with van der Waals surface area (Å²) in [7, 11) is 1.68. The number of aromatic nitrogens is 1. The number of carbonyl (C=O) groups excluding carboxylic acids is 1. The lowest BCUT2D eigenvalue weighted by Gasteiger charge is -2.17. The van der Waals surface area contributed by atoms with E-state index in [0.29, 0.717) is 32.2 Å². The van der Waals surface area contributed by atoms with E-state index in [1.54, 1.807) is 14.0 Å². The molecule has 3 aromatic rings. The van der Waals surface area contributed by atoms with Gasteiger partial charge in [0.1, 0.15) is 18.1 Å². The lowest BCUT2D eigenvalue weighted by atomic mass is 10.1. The monoisotopic (exact) mass is 479 g/mol. The minimum Gasteiger partial charge on any atom is -0.497 e. The van der Waals surface area contributed by atoms with E-state index >= 15 is 0 Å². The second-order valence-corrected chi connectivity index (χ2v) is 8.57. The van der Waals surface area contributed by atoms with Gasteiger partial charge in [0, 0.05) is 24.4 Å². The molecule has 35 heavy (non-hydrogen) atoms. The lowest BCUT2D eigenvalue weighted by molar-refractivity contribution is -0.156. The van der Waals surface area contributed by atoms with Crippen LogP contribution in [-0.2, 0) is 27.2 Å². The van der Waals surface area contributed by atoms with Crippen LogP contribution in [-0.4, -0.2) is 43.6 Å². The molecule has 0 aliphatic rings. The third-order valence-electron chi connectivity index (χ3n) is 5.84. The van der Waals surface area contributed by atoms with Crippen molar-refractivity contribution >= 4 is 5.97 Å².